The van der Waals surface area contributed by atoms with Crippen LogP contribution in [0.3, 0.4) is 0 Å². The van der Waals surface area contributed by atoms with Gasteiger partial charge in [-0.1, -0.05) is 10.3 Å². The van der Waals surface area contributed by atoms with Crippen molar-refractivity contribution < 1.29 is 48.5 Å². The molecular formula is C35H43N5O10. The number of Topliss-reactive ketones (excluding diaryl/α,β-unsaturated/α-hetero) is 2. The summed E-state index contributed by atoms with van der Waals surface area (Å²) in [7, 11) is 0. The van der Waals surface area contributed by atoms with Crippen LogP contribution < -0.4 is 0 Å². The van der Waals surface area contributed by atoms with Gasteiger partial charge in [0.25, 0.3) is 0 Å². The Balaban J connectivity index is 1.48. The maximum Gasteiger partial charge on any atom is 0.436 e. The number of oxime groups is 2. The molecule has 0 bridgehead atoms. The van der Waals surface area contributed by atoms with Gasteiger partial charge >= 0.3 is 12.2 Å². The molecule has 2 aliphatic heterocycles. The second-order valence-corrected chi connectivity index (χ2v) is 12.2. The molecule has 2 saturated heterocycles. The van der Waals surface area contributed by atoms with Crippen LogP contribution >= 0.6 is 0 Å². The van der Waals surface area contributed by atoms with Crippen molar-refractivity contribution in [3.63, 3.8) is 0 Å². The van der Waals surface area contributed by atoms with Crippen molar-refractivity contribution in [1.82, 2.24) is 14.4 Å². The fourth-order valence-corrected chi connectivity index (χ4v) is 5.92. The molecule has 1 aromatic heterocycles. The van der Waals surface area contributed by atoms with E-state index >= 15 is 0 Å². The number of ketones is 2. The number of aliphatic hydroxyl groups is 2. The monoisotopic (exact) mass is 693 g/mol. The minimum absolute atomic E-state index is 0.0140. The molecular weight excluding hydrogens is 650 g/mol. The lowest BCUT2D eigenvalue weighted by Crippen LogP contribution is -2.40. The molecule has 0 radical (unpaired) electrons. The number of amides is 2. The predicted molar refractivity (Wildman–Crippen MR) is 184 cm³/mol. The fourth-order valence-electron chi connectivity index (χ4n) is 5.92. The molecule has 2 amide bonds. The molecule has 2 fully saturated rings. The Morgan fingerprint density at radius 2 is 1.10 bits per heavy atom. The van der Waals surface area contributed by atoms with Crippen LogP contribution in [0.25, 0.3) is 21.8 Å². The van der Waals surface area contributed by atoms with E-state index in [4.69, 9.17) is 19.1 Å². The zero-order chi connectivity index (χ0) is 35.6. The first-order valence-corrected chi connectivity index (χ1v) is 16.8. The zero-order valence-corrected chi connectivity index (χ0v) is 28.3. The minimum Gasteiger partial charge on any atom is -0.396 e. The van der Waals surface area contributed by atoms with E-state index in [1.165, 1.54) is 9.80 Å². The Hall–Kier alpha value is -4.70. The summed E-state index contributed by atoms with van der Waals surface area (Å²) in [5.41, 5.74) is 2.21. The standard InChI is InChI=1S/C35H43N5O10/c1-23(2)40-30-9-7-24(32(43)28(5-3-15-41)36-49-34(45)38-11-17-47-18-12-38)21-26(30)27-22-25(8-10-31(27)40)33(44)29(6-4-16-42)37-50-35(46)39-13-19-48-20-14-39/h7-10,21-23,41-42H,3-6,11-20H2,1-2H3/b36-28+,37-29+. The Kier molecular flexibility index (Phi) is 12.7. The highest BCUT2D eigenvalue weighted by molar-refractivity contribution is 6.47. The Labute approximate surface area is 289 Å². The molecule has 3 aromatic rings. The number of benzene rings is 2. The van der Waals surface area contributed by atoms with Gasteiger partial charge in [-0.3, -0.25) is 19.3 Å². The fraction of sp³-hybridized carbons (Fsp3) is 0.486. The van der Waals surface area contributed by atoms with Crippen LogP contribution in [0, 0.1) is 0 Å². The number of carbonyl (C=O) groups is 4. The number of rotatable bonds is 13. The molecule has 15 heteroatoms. The summed E-state index contributed by atoms with van der Waals surface area (Å²) in [5.74, 6) is -0.929. The van der Waals surface area contributed by atoms with Gasteiger partial charge in [0.2, 0.25) is 11.6 Å². The molecule has 15 nitrogen and oxygen atoms in total. The van der Waals surface area contributed by atoms with E-state index < -0.39 is 23.8 Å². The van der Waals surface area contributed by atoms with E-state index in [9.17, 15) is 29.4 Å². The smallest absolute Gasteiger partial charge is 0.396 e. The minimum atomic E-state index is -0.687. The summed E-state index contributed by atoms with van der Waals surface area (Å²) in [6.45, 7) is 6.62. The quantitative estimate of drug-likeness (QED) is 0.115. The number of fused-ring (bicyclic) bond motifs is 3. The van der Waals surface area contributed by atoms with Gasteiger partial charge in [0, 0.05) is 78.4 Å². The molecule has 0 aliphatic carbocycles. The first-order chi connectivity index (χ1) is 24.2. The SMILES string of the molecule is CC(C)n1c2ccc(C(=O)/C(CCCO)=N/OC(=O)N3CCOCC3)cc2c2cc(C(=O)/C(CCCO)=N/OC(=O)N3CCOCC3)ccc21. The van der Waals surface area contributed by atoms with Crippen molar-refractivity contribution in [3.05, 3.63) is 47.5 Å². The Morgan fingerprint density at radius 3 is 1.46 bits per heavy atom. The van der Waals surface area contributed by atoms with Crippen LogP contribution in [0.2, 0.25) is 0 Å². The molecule has 2 aromatic carbocycles. The largest absolute Gasteiger partial charge is 0.436 e. The van der Waals surface area contributed by atoms with Gasteiger partial charge in [-0.2, -0.15) is 0 Å². The summed E-state index contributed by atoms with van der Waals surface area (Å²) in [6, 6.07) is 10.5. The van der Waals surface area contributed by atoms with E-state index in [0.29, 0.717) is 63.4 Å². The van der Waals surface area contributed by atoms with Gasteiger partial charge in [-0.15, -0.1) is 0 Å². The molecule has 0 spiro atoms. The average molecular weight is 694 g/mol. The number of hydrogen-bond donors (Lipinski definition) is 2. The topological polar surface area (TPSA) is 182 Å². The number of hydrogen-bond acceptors (Lipinski definition) is 12. The highest BCUT2D eigenvalue weighted by Gasteiger charge is 2.24. The number of carbonyl (C=O) groups excluding carboxylic acids is 4. The molecule has 0 saturated carbocycles. The third-order valence-corrected chi connectivity index (χ3v) is 8.52. The van der Waals surface area contributed by atoms with Gasteiger partial charge in [0.15, 0.2) is 0 Å². The van der Waals surface area contributed by atoms with Gasteiger partial charge < -0.3 is 34.1 Å². The third kappa shape index (κ3) is 8.53. The average Bonchev–Trinajstić information content (AvgIpc) is 3.48. The van der Waals surface area contributed by atoms with Gasteiger partial charge in [-0.25, -0.2) is 9.59 Å². The van der Waals surface area contributed by atoms with Gasteiger partial charge in [0.1, 0.15) is 11.4 Å². The summed E-state index contributed by atoms with van der Waals surface area (Å²) in [5, 5.41) is 28.2. The number of nitrogens with zero attached hydrogens (tertiary/aromatic N) is 5. The van der Waals surface area contributed by atoms with E-state index in [1.54, 1.807) is 24.3 Å². The molecule has 3 heterocycles. The van der Waals surface area contributed by atoms with E-state index in [0.717, 1.165) is 11.0 Å². The summed E-state index contributed by atoms with van der Waals surface area (Å²) in [4.78, 5) is 65.9. The van der Waals surface area contributed by atoms with Crippen molar-refractivity contribution in [3.8, 4) is 0 Å². The first kappa shape index (κ1) is 36.6. The van der Waals surface area contributed by atoms with Crippen molar-refractivity contribution >= 4 is 57.0 Å². The van der Waals surface area contributed by atoms with Crippen LogP contribution in [0.15, 0.2) is 46.7 Å². The number of aromatic nitrogens is 1. The van der Waals surface area contributed by atoms with Crippen LogP contribution in [-0.2, 0) is 19.1 Å². The molecule has 2 aliphatic rings. The Morgan fingerprint density at radius 1 is 0.700 bits per heavy atom. The van der Waals surface area contributed by atoms with E-state index in [-0.39, 0.29) is 67.5 Å². The normalized spacial score (nSPS) is 15.9. The van der Waals surface area contributed by atoms with Crippen LogP contribution in [-0.4, -0.2) is 126 Å². The maximum atomic E-state index is 13.8. The molecule has 0 unspecified atom stereocenters. The van der Waals surface area contributed by atoms with Gasteiger partial charge in [-0.05, 0) is 75.9 Å². The number of aliphatic hydroxyl groups excluding tert-OH is 2. The second-order valence-electron chi connectivity index (χ2n) is 12.2. The summed E-state index contributed by atoms with van der Waals surface area (Å²) in [6.07, 6.45) is -0.727. The van der Waals surface area contributed by atoms with E-state index in [1.807, 2.05) is 26.0 Å². The predicted octanol–water partition coefficient (Wildman–Crippen LogP) is 3.94. The second kappa shape index (κ2) is 17.3. The van der Waals surface area contributed by atoms with Crippen molar-refractivity contribution in [2.75, 3.05) is 65.8 Å². The van der Waals surface area contributed by atoms with Crippen LogP contribution in [0.5, 0.6) is 0 Å². The molecule has 5 rings (SSSR count). The van der Waals surface area contributed by atoms with Gasteiger partial charge in [0.05, 0.1) is 26.4 Å². The third-order valence-electron chi connectivity index (χ3n) is 8.52. The zero-order valence-electron chi connectivity index (χ0n) is 28.3. The lowest BCUT2D eigenvalue weighted by atomic mass is 9.99. The molecule has 268 valence electrons. The summed E-state index contributed by atoms with van der Waals surface area (Å²) < 4.78 is 12.6. The van der Waals surface area contributed by atoms with E-state index in [2.05, 4.69) is 14.9 Å². The van der Waals surface area contributed by atoms with Crippen molar-refractivity contribution in [1.29, 1.82) is 0 Å². The van der Waals surface area contributed by atoms with Crippen molar-refractivity contribution in [2.45, 2.75) is 45.6 Å². The molecule has 2 N–H and O–H groups in total. The molecule has 50 heavy (non-hydrogen) atoms. The maximum absolute atomic E-state index is 13.8. The Bertz CT molecular complexity index is 1650. The summed E-state index contributed by atoms with van der Waals surface area (Å²) >= 11 is 0. The first-order valence-electron chi connectivity index (χ1n) is 16.8. The highest BCUT2D eigenvalue weighted by atomic mass is 16.7. The molecule has 0 atom stereocenters. The number of ether oxygens (including phenoxy) is 2. The van der Waals surface area contributed by atoms with Crippen LogP contribution in [0.4, 0.5) is 9.59 Å². The highest BCUT2D eigenvalue weighted by Crippen LogP contribution is 2.34. The number of morpholine rings is 2. The van der Waals surface area contributed by atoms with Crippen molar-refractivity contribution in [2.24, 2.45) is 10.3 Å². The lowest BCUT2D eigenvalue weighted by Gasteiger charge is -2.24. The lowest BCUT2D eigenvalue weighted by molar-refractivity contribution is 0.0277. The van der Waals surface area contributed by atoms with Crippen LogP contribution in [0.1, 0.15) is 66.3 Å².